The van der Waals surface area contributed by atoms with Gasteiger partial charge in [-0.05, 0) is 0 Å². The van der Waals surface area contributed by atoms with Crippen molar-refractivity contribution in [3.05, 3.63) is 71.4 Å². The molecule has 5 aromatic rings. The number of pyridine rings is 1. The van der Waals surface area contributed by atoms with Crippen LogP contribution in [0.4, 0.5) is 0 Å². The molecule has 0 aliphatic carbocycles. The zero-order valence-electron chi connectivity index (χ0n) is 21.1. The Labute approximate surface area is 204 Å². The second-order valence-electron chi connectivity index (χ2n) is 11.5. The van der Waals surface area contributed by atoms with E-state index in [0.29, 0.717) is 0 Å². The Morgan fingerprint density at radius 3 is 2.18 bits per heavy atom. The van der Waals surface area contributed by atoms with Crippen LogP contribution in [0.2, 0.25) is 17.3 Å². The number of aromatic nitrogens is 1. The molecule has 0 N–H and O–H groups in total. The van der Waals surface area contributed by atoms with Crippen LogP contribution in [0.15, 0.2) is 54.7 Å². The average Bonchev–Trinajstić information content (AvgIpc) is 3.11. The number of hydrogen-bond donors (Lipinski definition) is 0. The first-order valence-corrected chi connectivity index (χ1v) is 20.0. The standard InChI is InChI=1S/C30H33GeNS/c1-18-14-20-16-21(17-25(30(3,4)5)24(20)15-19(18)2)27-29-23(12-13-32-27)22-10-9-11-26(28(22)33-29)31(6,7)8/h9-17H,1-8H3. The molecule has 0 radical (unpaired) electrons. The quantitative estimate of drug-likeness (QED) is 0.216. The number of rotatable bonds is 2. The van der Waals surface area contributed by atoms with E-state index >= 15 is 0 Å². The summed E-state index contributed by atoms with van der Waals surface area (Å²) in [7, 11) is 0. The van der Waals surface area contributed by atoms with Gasteiger partial charge in [0.25, 0.3) is 0 Å². The van der Waals surface area contributed by atoms with Crippen LogP contribution in [0.25, 0.3) is 42.2 Å². The first-order chi connectivity index (χ1) is 15.4. The van der Waals surface area contributed by atoms with Gasteiger partial charge in [-0.2, -0.15) is 0 Å². The molecular formula is C30H33GeNS. The molecule has 0 saturated heterocycles. The molecule has 2 heterocycles. The summed E-state index contributed by atoms with van der Waals surface area (Å²) in [5.74, 6) is 7.46. The normalized spacial score (nSPS) is 12.8. The van der Waals surface area contributed by atoms with Gasteiger partial charge < -0.3 is 0 Å². The minimum atomic E-state index is -1.99. The molecule has 0 unspecified atom stereocenters. The third kappa shape index (κ3) is 3.81. The van der Waals surface area contributed by atoms with Crippen LogP contribution in [-0.2, 0) is 5.41 Å². The van der Waals surface area contributed by atoms with Gasteiger partial charge in [0.1, 0.15) is 0 Å². The molecule has 0 aliphatic rings. The molecule has 33 heavy (non-hydrogen) atoms. The number of nitrogens with zero attached hydrogens (tertiary/aromatic N) is 1. The fourth-order valence-corrected chi connectivity index (χ4v) is 11.0. The molecule has 0 spiro atoms. The molecule has 0 aliphatic heterocycles. The number of thiophene rings is 1. The van der Waals surface area contributed by atoms with Gasteiger partial charge >= 0.3 is 205 Å². The number of benzene rings is 3. The third-order valence-electron chi connectivity index (χ3n) is 6.87. The van der Waals surface area contributed by atoms with E-state index in [4.69, 9.17) is 4.98 Å². The first kappa shape index (κ1) is 22.6. The van der Waals surface area contributed by atoms with E-state index in [1.165, 1.54) is 53.2 Å². The van der Waals surface area contributed by atoms with Gasteiger partial charge in [-0.25, -0.2) is 0 Å². The predicted octanol–water partition coefficient (Wildman–Crippen LogP) is 8.73. The molecule has 2 aromatic heterocycles. The van der Waals surface area contributed by atoms with Crippen LogP contribution >= 0.6 is 11.3 Å². The van der Waals surface area contributed by atoms with Crippen molar-refractivity contribution in [2.75, 3.05) is 0 Å². The number of fused-ring (bicyclic) bond motifs is 4. The Kier molecular flexibility index (Phi) is 5.26. The summed E-state index contributed by atoms with van der Waals surface area (Å²) in [6.45, 7) is 11.4. The average molecular weight is 512 g/mol. The van der Waals surface area contributed by atoms with E-state index < -0.39 is 13.3 Å². The monoisotopic (exact) mass is 513 g/mol. The zero-order valence-corrected chi connectivity index (χ0v) is 24.0. The van der Waals surface area contributed by atoms with Crippen molar-refractivity contribution in [2.45, 2.75) is 57.3 Å². The Hall–Kier alpha value is -2.17. The summed E-state index contributed by atoms with van der Waals surface area (Å²) in [6.07, 6.45) is 2.00. The Morgan fingerprint density at radius 2 is 1.48 bits per heavy atom. The molecule has 168 valence electrons. The minimum absolute atomic E-state index is 0.0526. The van der Waals surface area contributed by atoms with Gasteiger partial charge in [0.2, 0.25) is 0 Å². The van der Waals surface area contributed by atoms with Crippen molar-refractivity contribution in [2.24, 2.45) is 0 Å². The second-order valence-corrected chi connectivity index (χ2v) is 23.1. The molecule has 0 atom stereocenters. The van der Waals surface area contributed by atoms with E-state index in [1.54, 1.807) is 4.40 Å². The molecule has 5 rings (SSSR count). The van der Waals surface area contributed by atoms with Crippen LogP contribution in [-0.4, -0.2) is 18.3 Å². The van der Waals surface area contributed by atoms with Gasteiger partial charge in [-0.3, -0.25) is 0 Å². The molecule has 0 fully saturated rings. The molecule has 3 heteroatoms. The van der Waals surface area contributed by atoms with Crippen molar-refractivity contribution >= 4 is 59.9 Å². The van der Waals surface area contributed by atoms with E-state index in [9.17, 15) is 0 Å². The third-order valence-corrected chi connectivity index (χ3v) is 12.8. The zero-order chi connectivity index (χ0) is 23.7. The van der Waals surface area contributed by atoms with Crippen LogP contribution in [0.3, 0.4) is 0 Å². The number of aryl methyl sites for hydroxylation is 2. The van der Waals surface area contributed by atoms with Crippen molar-refractivity contribution in [3.63, 3.8) is 0 Å². The number of hydrogen-bond acceptors (Lipinski definition) is 2. The second kappa shape index (κ2) is 7.68. The summed E-state index contributed by atoms with van der Waals surface area (Å²) in [6, 6.07) is 18.6. The fourth-order valence-electron chi connectivity index (χ4n) is 4.91. The van der Waals surface area contributed by atoms with Gasteiger partial charge in [-0.15, -0.1) is 0 Å². The van der Waals surface area contributed by atoms with Gasteiger partial charge in [-0.1, -0.05) is 0 Å². The van der Waals surface area contributed by atoms with Gasteiger partial charge in [0, 0.05) is 0 Å². The van der Waals surface area contributed by atoms with Gasteiger partial charge in [0.15, 0.2) is 0 Å². The van der Waals surface area contributed by atoms with Crippen molar-refractivity contribution in [1.29, 1.82) is 0 Å². The van der Waals surface area contributed by atoms with Crippen molar-refractivity contribution < 1.29 is 0 Å². The summed E-state index contributed by atoms with van der Waals surface area (Å²) < 4.78 is 4.38. The van der Waals surface area contributed by atoms with Gasteiger partial charge in [0.05, 0.1) is 0 Å². The molecule has 0 bridgehead atoms. The fraction of sp³-hybridized carbons (Fsp3) is 0.300. The SMILES string of the molecule is Cc1cc2cc(-c3nccc4c3sc3[c]([Ge]([CH3])([CH3])[CH3])cccc34)cc(C(C)(C)C)c2cc1C. The van der Waals surface area contributed by atoms with Crippen LogP contribution < -0.4 is 4.40 Å². The van der Waals surface area contributed by atoms with Crippen molar-refractivity contribution in [1.82, 2.24) is 4.98 Å². The molecule has 0 saturated carbocycles. The maximum atomic E-state index is 4.96. The summed E-state index contributed by atoms with van der Waals surface area (Å²) in [5, 5.41) is 5.40. The Morgan fingerprint density at radius 1 is 0.788 bits per heavy atom. The van der Waals surface area contributed by atoms with E-state index in [0.717, 1.165) is 5.69 Å². The van der Waals surface area contributed by atoms with Crippen molar-refractivity contribution in [3.8, 4) is 11.3 Å². The topological polar surface area (TPSA) is 12.9 Å². The van der Waals surface area contributed by atoms with E-state index in [-0.39, 0.29) is 5.41 Å². The van der Waals surface area contributed by atoms with Crippen LogP contribution in [0.1, 0.15) is 37.5 Å². The van der Waals surface area contributed by atoms with Crippen LogP contribution in [0.5, 0.6) is 0 Å². The summed E-state index contributed by atoms with van der Waals surface area (Å²) in [5.41, 5.74) is 6.48. The Bertz CT molecular complexity index is 1540. The molecule has 0 amide bonds. The maximum absolute atomic E-state index is 4.96. The van der Waals surface area contributed by atoms with Crippen LogP contribution in [0, 0.1) is 13.8 Å². The predicted molar refractivity (Wildman–Crippen MR) is 151 cm³/mol. The van der Waals surface area contributed by atoms with E-state index in [2.05, 4.69) is 100 Å². The molecular weight excluding hydrogens is 479 g/mol. The Balaban J connectivity index is 1.86. The van der Waals surface area contributed by atoms with E-state index in [1.807, 2.05) is 17.5 Å². The molecule has 1 nitrogen and oxygen atoms in total. The summed E-state index contributed by atoms with van der Waals surface area (Å²) in [4.78, 5) is 4.96. The summed E-state index contributed by atoms with van der Waals surface area (Å²) >= 11 is -0.0469. The molecule has 3 aromatic carbocycles. The first-order valence-electron chi connectivity index (χ1n) is 11.8.